The second kappa shape index (κ2) is 5.90. The molecule has 1 aromatic carbocycles. The number of aromatic nitrogens is 1. The van der Waals surface area contributed by atoms with Crippen LogP contribution in [-0.2, 0) is 11.2 Å². The van der Waals surface area contributed by atoms with Gasteiger partial charge in [-0.15, -0.1) is 0 Å². The maximum absolute atomic E-state index is 12.2. The van der Waals surface area contributed by atoms with Gasteiger partial charge in [-0.25, -0.2) is 4.98 Å². The Morgan fingerprint density at radius 3 is 2.70 bits per heavy atom. The lowest BCUT2D eigenvalue weighted by Crippen LogP contribution is -2.17. The van der Waals surface area contributed by atoms with E-state index in [4.69, 9.17) is 4.42 Å². The molecule has 1 aromatic heterocycles. The van der Waals surface area contributed by atoms with E-state index >= 15 is 0 Å². The lowest BCUT2D eigenvalue weighted by atomic mass is 9.98. The van der Waals surface area contributed by atoms with Gasteiger partial charge in [0.1, 0.15) is 5.76 Å². The van der Waals surface area contributed by atoms with Crippen molar-refractivity contribution in [2.24, 2.45) is 0 Å². The molecule has 1 amide bonds. The summed E-state index contributed by atoms with van der Waals surface area (Å²) in [6.07, 6.45) is 1.57. The minimum atomic E-state index is -0.0824. The number of hydrogen-bond donors (Lipinski definition) is 1. The van der Waals surface area contributed by atoms with Crippen LogP contribution in [-0.4, -0.2) is 10.9 Å². The summed E-state index contributed by atoms with van der Waals surface area (Å²) in [4.78, 5) is 16.2. The molecule has 0 bridgehead atoms. The SMILES string of the molecule is Cc1cccc(C(C)C)c1NC(=O)Cc1ocnc1C. The number of aryl methyl sites for hydroxylation is 2. The minimum Gasteiger partial charge on any atom is -0.448 e. The van der Waals surface area contributed by atoms with E-state index in [-0.39, 0.29) is 12.3 Å². The third-order valence-electron chi connectivity index (χ3n) is 3.36. The second-order valence-corrected chi connectivity index (χ2v) is 5.28. The van der Waals surface area contributed by atoms with Crippen molar-refractivity contribution in [1.82, 2.24) is 4.98 Å². The number of benzene rings is 1. The van der Waals surface area contributed by atoms with E-state index in [1.54, 1.807) is 0 Å². The van der Waals surface area contributed by atoms with Gasteiger partial charge in [0, 0.05) is 5.69 Å². The van der Waals surface area contributed by atoms with E-state index in [0.29, 0.717) is 11.7 Å². The van der Waals surface area contributed by atoms with E-state index < -0.39 is 0 Å². The molecule has 0 spiro atoms. The van der Waals surface area contributed by atoms with E-state index in [1.807, 2.05) is 32.0 Å². The Labute approximate surface area is 119 Å². The van der Waals surface area contributed by atoms with Gasteiger partial charge in [-0.1, -0.05) is 32.0 Å². The van der Waals surface area contributed by atoms with Crippen LogP contribution >= 0.6 is 0 Å². The number of para-hydroxylation sites is 1. The summed E-state index contributed by atoms with van der Waals surface area (Å²) >= 11 is 0. The number of carbonyl (C=O) groups excluding carboxylic acids is 1. The first-order valence-electron chi connectivity index (χ1n) is 6.77. The third kappa shape index (κ3) is 3.07. The molecule has 0 aliphatic carbocycles. The highest BCUT2D eigenvalue weighted by Gasteiger charge is 2.14. The molecule has 0 fully saturated rings. The zero-order chi connectivity index (χ0) is 14.7. The van der Waals surface area contributed by atoms with Gasteiger partial charge in [0.25, 0.3) is 0 Å². The smallest absolute Gasteiger partial charge is 0.232 e. The molecule has 0 radical (unpaired) electrons. The quantitative estimate of drug-likeness (QED) is 0.925. The molecule has 4 nitrogen and oxygen atoms in total. The number of oxazole rings is 1. The number of amides is 1. The summed E-state index contributed by atoms with van der Waals surface area (Å²) in [5.74, 6) is 0.889. The molecule has 0 saturated heterocycles. The number of anilines is 1. The van der Waals surface area contributed by atoms with Crippen molar-refractivity contribution in [3.05, 3.63) is 47.2 Å². The number of carbonyl (C=O) groups is 1. The molecule has 0 saturated carbocycles. The molecular formula is C16H20N2O2. The Morgan fingerprint density at radius 2 is 2.10 bits per heavy atom. The summed E-state index contributed by atoms with van der Waals surface area (Å²) in [6, 6.07) is 6.06. The maximum atomic E-state index is 12.2. The molecule has 1 N–H and O–H groups in total. The molecule has 1 heterocycles. The zero-order valence-electron chi connectivity index (χ0n) is 12.4. The van der Waals surface area contributed by atoms with Crippen molar-refractivity contribution in [1.29, 1.82) is 0 Å². The second-order valence-electron chi connectivity index (χ2n) is 5.28. The summed E-state index contributed by atoms with van der Waals surface area (Å²) in [6.45, 7) is 8.07. The van der Waals surface area contributed by atoms with Crippen LogP contribution < -0.4 is 5.32 Å². The minimum absolute atomic E-state index is 0.0824. The first-order chi connectivity index (χ1) is 9.49. The third-order valence-corrected chi connectivity index (χ3v) is 3.36. The van der Waals surface area contributed by atoms with Crippen LogP contribution in [0.4, 0.5) is 5.69 Å². The average molecular weight is 272 g/mol. The van der Waals surface area contributed by atoms with E-state index in [1.165, 1.54) is 6.39 Å². The molecule has 2 rings (SSSR count). The predicted octanol–water partition coefficient (Wildman–Crippen LogP) is 3.60. The largest absolute Gasteiger partial charge is 0.448 e. The molecular weight excluding hydrogens is 252 g/mol. The fourth-order valence-electron chi connectivity index (χ4n) is 2.17. The van der Waals surface area contributed by atoms with Gasteiger partial charge in [-0.2, -0.15) is 0 Å². The van der Waals surface area contributed by atoms with Crippen molar-refractivity contribution in [2.45, 2.75) is 40.0 Å². The molecule has 0 aliphatic heterocycles. The lowest BCUT2D eigenvalue weighted by Gasteiger charge is -2.16. The highest BCUT2D eigenvalue weighted by atomic mass is 16.3. The fourth-order valence-corrected chi connectivity index (χ4v) is 2.17. The molecule has 106 valence electrons. The van der Waals surface area contributed by atoms with Crippen LogP contribution in [0.15, 0.2) is 29.0 Å². The molecule has 2 aromatic rings. The van der Waals surface area contributed by atoms with Crippen LogP contribution in [0.3, 0.4) is 0 Å². The molecule has 0 aliphatic rings. The monoisotopic (exact) mass is 272 g/mol. The van der Waals surface area contributed by atoms with Gasteiger partial charge in [0.2, 0.25) is 5.91 Å². The molecule has 0 atom stereocenters. The van der Waals surface area contributed by atoms with Crippen molar-refractivity contribution in [3.63, 3.8) is 0 Å². The highest BCUT2D eigenvalue weighted by Crippen LogP contribution is 2.27. The number of rotatable bonds is 4. The predicted molar refractivity (Wildman–Crippen MR) is 78.8 cm³/mol. The highest BCUT2D eigenvalue weighted by molar-refractivity contribution is 5.93. The summed E-state index contributed by atoms with van der Waals surface area (Å²) < 4.78 is 5.21. The first kappa shape index (κ1) is 14.3. The fraction of sp³-hybridized carbons (Fsp3) is 0.375. The molecule has 0 unspecified atom stereocenters. The number of nitrogens with one attached hydrogen (secondary N) is 1. The van der Waals surface area contributed by atoms with Crippen molar-refractivity contribution >= 4 is 11.6 Å². The Balaban J connectivity index is 2.18. The van der Waals surface area contributed by atoms with Gasteiger partial charge < -0.3 is 9.73 Å². The van der Waals surface area contributed by atoms with Crippen LogP contribution in [0.1, 0.15) is 42.3 Å². The van der Waals surface area contributed by atoms with Crippen molar-refractivity contribution in [3.8, 4) is 0 Å². The standard InChI is InChI=1S/C16H20N2O2/c1-10(2)13-7-5-6-11(3)16(13)18-15(19)8-14-12(4)17-9-20-14/h5-7,9-10H,8H2,1-4H3,(H,18,19). The Bertz CT molecular complexity index is 615. The Morgan fingerprint density at radius 1 is 1.35 bits per heavy atom. The number of hydrogen-bond acceptors (Lipinski definition) is 3. The van der Waals surface area contributed by atoms with Gasteiger partial charge in [0.15, 0.2) is 6.39 Å². The van der Waals surface area contributed by atoms with E-state index in [0.717, 1.165) is 22.5 Å². The van der Waals surface area contributed by atoms with Crippen molar-refractivity contribution < 1.29 is 9.21 Å². The Kier molecular flexibility index (Phi) is 4.23. The van der Waals surface area contributed by atoms with E-state index in [2.05, 4.69) is 24.1 Å². The molecule has 20 heavy (non-hydrogen) atoms. The Hall–Kier alpha value is -2.10. The lowest BCUT2D eigenvalue weighted by molar-refractivity contribution is -0.115. The average Bonchev–Trinajstić information content (AvgIpc) is 2.77. The van der Waals surface area contributed by atoms with Gasteiger partial charge in [-0.3, -0.25) is 4.79 Å². The topological polar surface area (TPSA) is 55.1 Å². The van der Waals surface area contributed by atoms with Crippen molar-refractivity contribution in [2.75, 3.05) is 5.32 Å². The van der Waals surface area contributed by atoms with Gasteiger partial charge >= 0.3 is 0 Å². The molecule has 4 heteroatoms. The van der Waals surface area contributed by atoms with Crippen LogP contribution in [0, 0.1) is 13.8 Å². The maximum Gasteiger partial charge on any atom is 0.232 e. The first-order valence-corrected chi connectivity index (χ1v) is 6.77. The van der Waals surface area contributed by atoms with Crippen LogP contribution in [0.2, 0.25) is 0 Å². The van der Waals surface area contributed by atoms with Gasteiger partial charge in [-0.05, 0) is 30.9 Å². The van der Waals surface area contributed by atoms with Crippen LogP contribution in [0.5, 0.6) is 0 Å². The normalized spacial score (nSPS) is 10.8. The number of nitrogens with zero attached hydrogens (tertiary/aromatic N) is 1. The van der Waals surface area contributed by atoms with Gasteiger partial charge in [0.05, 0.1) is 12.1 Å². The van der Waals surface area contributed by atoms with Crippen LogP contribution in [0.25, 0.3) is 0 Å². The summed E-state index contributed by atoms with van der Waals surface area (Å²) in [5.41, 5.74) is 3.88. The summed E-state index contributed by atoms with van der Waals surface area (Å²) in [7, 11) is 0. The zero-order valence-corrected chi connectivity index (χ0v) is 12.4. The summed E-state index contributed by atoms with van der Waals surface area (Å²) in [5, 5.41) is 3.00. The van der Waals surface area contributed by atoms with E-state index in [9.17, 15) is 4.79 Å².